The molecule has 1 saturated heterocycles. The van der Waals surface area contributed by atoms with Crippen LogP contribution in [-0.4, -0.2) is 25.5 Å². The summed E-state index contributed by atoms with van der Waals surface area (Å²) >= 11 is 7.30. The summed E-state index contributed by atoms with van der Waals surface area (Å²) in [5, 5.41) is 14.5. The van der Waals surface area contributed by atoms with E-state index >= 15 is 0 Å². The van der Waals surface area contributed by atoms with E-state index in [0.29, 0.717) is 27.0 Å². The first-order valence-electron chi connectivity index (χ1n) is 7.46. The predicted octanol–water partition coefficient (Wildman–Crippen LogP) is 3.27. The fourth-order valence-electron chi connectivity index (χ4n) is 2.70. The molecule has 2 aromatic rings. The molecule has 0 unspecified atom stereocenters. The number of benzene rings is 1. The Morgan fingerprint density at radius 2 is 2.28 bits per heavy atom. The second-order valence-corrected chi connectivity index (χ2v) is 6.84. The number of halogens is 1. The Hall–Kier alpha value is -2.56. The molecular weight excluding hydrogens is 362 g/mol. The molecule has 0 saturated carbocycles. The molecule has 1 N–H and O–H groups in total. The first-order valence-corrected chi connectivity index (χ1v) is 8.71. The summed E-state index contributed by atoms with van der Waals surface area (Å²) in [4.78, 5) is 26.4. The van der Waals surface area contributed by atoms with Gasteiger partial charge in [0.1, 0.15) is 16.8 Å². The number of hydrogen-bond donors (Lipinski definition) is 1. The summed E-state index contributed by atoms with van der Waals surface area (Å²) in [6.45, 7) is 0.231. The van der Waals surface area contributed by atoms with Crippen molar-refractivity contribution in [2.45, 2.75) is 6.42 Å². The van der Waals surface area contributed by atoms with Crippen molar-refractivity contribution >= 4 is 45.4 Å². The van der Waals surface area contributed by atoms with Gasteiger partial charge in [-0.25, -0.2) is 0 Å². The van der Waals surface area contributed by atoms with Crippen molar-refractivity contribution in [2.75, 3.05) is 23.9 Å². The highest BCUT2D eigenvalue weighted by Gasteiger charge is 2.36. The zero-order valence-electron chi connectivity index (χ0n) is 13.3. The Morgan fingerprint density at radius 1 is 1.48 bits per heavy atom. The van der Waals surface area contributed by atoms with Gasteiger partial charge in [-0.3, -0.25) is 9.59 Å². The molecule has 1 aliphatic rings. The average Bonchev–Trinajstić information content (AvgIpc) is 3.20. The second kappa shape index (κ2) is 7.13. The van der Waals surface area contributed by atoms with E-state index in [0.717, 1.165) is 0 Å². The average molecular weight is 376 g/mol. The van der Waals surface area contributed by atoms with Gasteiger partial charge in [0.25, 0.3) is 0 Å². The van der Waals surface area contributed by atoms with Crippen molar-refractivity contribution in [2.24, 2.45) is 5.92 Å². The smallest absolute Gasteiger partial charge is 0.230 e. The van der Waals surface area contributed by atoms with Crippen LogP contribution >= 0.6 is 22.9 Å². The quantitative estimate of drug-likeness (QED) is 0.889. The number of amides is 2. The summed E-state index contributed by atoms with van der Waals surface area (Å²) < 4.78 is 5.28. The van der Waals surface area contributed by atoms with Crippen molar-refractivity contribution in [3.8, 4) is 11.8 Å². The van der Waals surface area contributed by atoms with Gasteiger partial charge in [-0.2, -0.15) is 5.26 Å². The topological polar surface area (TPSA) is 82.4 Å². The van der Waals surface area contributed by atoms with Crippen molar-refractivity contribution in [3.63, 3.8) is 0 Å². The molecule has 6 nitrogen and oxygen atoms in total. The molecule has 1 aliphatic heterocycles. The lowest BCUT2D eigenvalue weighted by Gasteiger charge is -2.19. The van der Waals surface area contributed by atoms with Gasteiger partial charge >= 0.3 is 0 Å². The van der Waals surface area contributed by atoms with Crippen LogP contribution in [0.4, 0.5) is 10.7 Å². The van der Waals surface area contributed by atoms with E-state index in [1.165, 1.54) is 23.3 Å². The van der Waals surface area contributed by atoms with Gasteiger partial charge in [0, 0.05) is 18.0 Å². The van der Waals surface area contributed by atoms with E-state index < -0.39 is 5.92 Å². The molecule has 1 fully saturated rings. The highest BCUT2D eigenvalue weighted by Crippen LogP contribution is 2.35. The van der Waals surface area contributed by atoms with Crippen molar-refractivity contribution < 1.29 is 14.3 Å². The number of nitrogens with one attached hydrogen (secondary N) is 1. The molecule has 128 valence electrons. The van der Waals surface area contributed by atoms with Crippen molar-refractivity contribution in [1.82, 2.24) is 0 Å². The van der Waals surface area contributed by atoms with E-state index in [4.69, 9.17) is 21.6 Å². The molecule has 3 rings (SSSR count). The van der Waals surface area contributed by atoms with Crippen molar-refractivity contribution in [3.05, 3.63) is 40.2 Å². The number of hydrogen-bond acceptors (Lipinski definition) is 5. The van der Waals surface area contributed by atoms with Crippen LogP contribution in [0.5, 0.6) is 5.75 Å². The number of ether oxygens (including phenoxy) is 1. The summed E-state index contributed by atoms with van der Waals surface area (Å²) in [7, 11) is 1.51. The number of carbonyl (C=O) groups excluding carboxylic acids is 2. The highest BCUT2D eigenvalue weighted by molar-refractivity contribution is 7.14. The van der Waals surface area contributed by atoms with Crippen LogP contribution in [0.1, 0.15) is 12.0 Å². The highest BCUT2D eigenvalue weighted by atomic mass is 35.5. The van der Waals surface area contributed by atoms with E-state index in [9.17, 15) is 9.59 Å². The maximum absolute atomic E-state index is 12.5. The summed E-state index contributed by atoms with van der Waals surface area (Å²) in [6.07, 6.45) is 0.0920. The fraction of sp³-hybridized carbons (Fsp3) is 0.235. The molecule has 1 atom stereocenters. The fourth-order valence-corrected chi connectivity index (χ4v) is 3.60. The largest absolute Gasteiger partial charge is 0.495 e. The van der Waals surface area contributed by atoms with E-state index in [-0.39, 0.29) is 24.8 Å². The second-order valence-electron chi connectivity index (χ2n) is 5.49. The molecule has 1 aromatic carbocycles. The standard InChI is InChI=1S/C17H14ClN3O3S/c1-24-14-3-2-12(18)7-13(14)21-9-11(6-15(21)22)16(23)20-17-10(8-19)4-5-25-17/h2-5,7,11H,6,9H2,1H3,(H,20,23)/t11-/m1/s1. The Balaban J connectivity index is 1.78. The van der Waals surface area contributed by atoms with Crippen LogP contribution in [-0.2, 0) is 9.59 Å². The number of thiophene rings is 1. The minimum Gasteiger partial charge on any atom is -0.495 e. The third kappa shape index (κ3) is 3.45. The Kier molecular flexibility index (Phi) is 4.93. The lowest BCUT2D eigenvalue weighted by molar-refractivity contribution is -0.122. The lowest BCUT2D eigenvalue weighted by atomic mass is 10.1. The Labute approximate surface area is 153 Å². The van der Waals surface area contributed by atoms with E-state index in [1.807, 2.05) is 6.07 Å². The molecule has 0 aliphatic carbocycles. The van der Waals surface area contributed by atoms with Crippen molar-refractivity contribution in [1.29, 1.82) is 5.26 Å². The SMILES string of the molecule is COc1ccc(Cl)cc1N1C[C@H](C(=O)Nc2sccc2C#N)CC1=O. The number of methoxy groups -OCH3 is 1. The van der Waals surface area contributed by atoms with Gasteiger partial charge in [0.15, 0.2) is 0 Å². The first-order chi connectivity index (χ1) is 12.0. The lowest BCUT2D eigenvalue weighted by Crippen LogP contribution is -2.28. The molecule has 8 heteroatoms. The first kappa shape index (κ1) is 17.3. The van der Waals surface area contributed by atoms with Crippen LogP contribution in [0.3, 0.4) is 0 Å². The molecule has 0 spiro atoms. The van der Waals surface area contributed by atoms with Gasteiger partial charge in [0.05, 0.1) is 24.3 Å². The number of rotatable bonds is 4. The zero-order valence-corrected chi connectivity index (χ0v) is 14.9. The predicted molar refractivity (Wildman–Crippen MR) is 96.1 cm³/mol. The van der Waals surface area contributed by atoms with Gasteiger partial charge in [-0.15, -0.1) is 11.3 Å². The van der Waals surface area contributed by atoms with Gasteiger partial charge in [-0.1, -0.05) is 11.6 Å². The minimum absolute atomic E-state index is 0.0920. The third-order valence-electron chi connectivity index (χ3n) is 3.95. The Bertz CT molecular complexity index is 874. The van der Waals surface area contributed by atoms with Gasteiger partial charge in [0.2, 0.25) is 11.8 Å². The molecule has 2 heterocycles. The summed E-state index contributed by atoms with van der Waals surface area (Å²) in [5.41, 5.74) is 0.958. The molecule has 2 amide bonds. The summed E-state index contributed by atoms with van der Waals surface area (Å²) in [5.74, 6) is -0.447. The number of anilines is 2. The molecule has 0 radical (unpaired) electrons. The van der Waals surface area contributed by atoms with Gasteiger partial charge in [-0.05, 0) is 29.6 Å². The zero-order chi connectivity index (χ0) is 18.0. The van der Waals surface area contributed by atoms with Crippen LogP contribution < -0.4 is 15.0 Å². The molecular formula is C17H14ClN3O3S. The van der Waals surface area contributed by atoms with Crippen LogP contribution in [0.15, 0.2) is 29.6 Å². The number of nitrogens with zero attached hydrogens (tertiary/aromatic N) is 2. The third-order valence-corrected chi connectivity index (χ3v) is 5.01. The maximum atomic E-state index is 12.5. The summed E-state index contributed by atoms with van der Waals surface area (Å²) in [6, 6.07) is 8.67. The maximum Gasteiger partial charge on any atom is 0.230 e. The molecule has 0 bridgehead atoms. The van der Waals surface area contributed by atoms with Crippen LogP contribution in [0.2, 0.25) is 5.02 Å². The van der Waals surface area contributed by atoms with Gasteiger partial charge < -0.3 is 15.0 Å². The minimum atomic E-state index is -0.509. The van der Waals surface area contributed by atoms with E-state index in [2.05, 4.69) is 5.32 Å². The molecule has 1 aromatic heterocycles. The van der Waals surface area contributed by atoms with Crippen LogP contribution in [0, 0.1) is 17.2 Å². The van der Waals surface area contributed by atoms with E-state index in [1.54, 1.807) is 29.6 Å². The number of nitriles is 1. The number of carbonyl (C=O) groups is 2. The Morgan fingerprint density at radius 3 is 3.00 bits per heavy atom. The monoisotopic (exact) mass is 375 g/mol. The molecule has 25 heavy (non-hydrogen) atoms. The van der Waals surface area contributed by atoms with Crippen LogP contribution in [0.25, 0.3) is 0 Å². The normalized spacial score (nSPS) is 16.6.